The highest BCUT2D eigenvalue weighted by atomic mass is 16.2. The molecule has 0 saturated heterocycles. The summed E-state index contributed by atoms with van der Waals surface area (Å²) in [7, 11) is 0. The summed E-state index contributed by atoms with van der Waals surface area (Å²) in [6.45, 7) is 11.3. The van der Waals surface area contributed by atoms with Crippen LogP contribution in [-0.2, 0) is 11.3 Å². The van der Waals surface area contributed by atoms with E-state index in [0.29, 0.717) is 31.1 Å². The molecule has 1 atom stereocenters. The fourth-order valence-electron chi connectivity index (χ4n) is 2.74. The molecule has 0 saturated carbocycles. The van der Waals surface area contributed by atoms with Gasteiger partial charge in [0.15, 0.2) is 0 Å². The lowest BCUT2D eigenvalue weighted by molar-refractivity contribution is -0.135. The Labute approximate surface area is 131 Å². The van der Waals surface area contributed by atoms with Crippen LogP contribution < -0.4 is 5.32 Å². The van der Waals surface area contributed by atoms with Gasteiger partial charge in [-0.15, -0.1) is 0 Å². The van der Waals surface area contributed by atoms with E-state index in [1.54, 1.807) is 6.20 Å². The highest BCUT2D eigenvalue weighted by Crippen LogP contribution is 2.25. The maximum absolute atomic E-state index is 12.3. The van der Waals surface area contributed by atoms with Gasteiger partial charge >= 0.3 is 0 Å². The van der Waals surface area contributed by atoms with Gasteiger partial charge in [-0.05, 0) is 26.7 Å². The van der Waals surface area contributed by atoms with Crippen molar-refractivity contribution in [3.63, 3.8) is 0 Å². The lowest BCUT2D eigenvalue weighted by Gasteiger charge is -2.34. The minimum absolute atomic E-state index is 0.0766. The number of carbonyl (C=O) groups excluding carboxylic acids is 2. The van der Waals surface area contributed by atoms with E-state index in [4.69, 9.17) is 0 Å². The number of aromatic nitrogens is 2. The zero-order valence-corrected chi connectivity index (χ0v) is 14.1. The molecule has 122 valence electrons. The maximum Gasteiger partial charge on any atom is 0.271 e. The number of carbonyl (C=O) groups is 2. The van der Waals surface area contributed by atoms with Crippen LogP contribution in [0.25, 0.3) is 0 Å². The van der Waals surface area contributed by atoms with Crippen molar-refractivity contribution in [3.05, 3.63) is 17.7 Å². The van der Waals surface area contributed by atoms with E-state index in [1.807, 2.05) is 44.1 Å². The number of nitrogens with zero attached hydrogens (tertiary/aromatic N) is 3. The molecule has 1 aliphatic rings. The second kappa shape index (κ2) is 6.50. The SMILES string of the molecule is CC(C)CC(=O)N1CCn2cc(C(=O)NC(C)C)nc2[C@H]1C. The average molecular weight is 306 g/mol. The summed E-state index contributed by atoms with van der Waals surface area (Å²) in [5, 5.41) is 2.85. The Hall–Kier alpha value is -1.85. The fraction of sp³-hybridized carbons (Fsp3) is 0.688. The third kappa shape index (κ3) is 3.48. The van der Waals surface area contributed by atoms with Gasteiger partial charge in [0.05, 0.1) is 6.04 Å². The summed E-state index contributed by atoms with van der Waals surface area (Å²) in [6, 6.07) is -0.0200. The molecule has 1 aromatic heterocycles. The molecular weight excluding hydrogens is 280 g/mol. The quantitative estimate of drug-likeness (QED) is 0.925. The standard InChI is InChI=1S/C16H26N4O2/c1-10(2)8-14(21)20-7-6-19-9-13(16(22)17-11(3)4)18-15(19)12(20)5/h9-12H,6-8H2,1-5H3,(H,17,22)/t12-/m1/s1. The summed E-state index contributed by atoms with van der Waals surface area (Å²) in [4.78, 5) is 30.7. The zero-order valence-electron chi connectivity index (χ0n) is 14.1. The van der Waals surface area contributed by atoms with Crippen LogP contribution in [0, 0.1) is 5.92 Å². The molecule has 6 heteroatoms. The van der Waals surface area contributed by atoms with E-state index in [-0.39, 0.29) is 23.9 Å². The van der Waals surface area contributed by atoms with Crippen molar-refractivity contribution in [2.75, 3.05) is 6.54 Å². The number of fused-ring (bicyclic) bond motifs is 1. The lowest BCUT2D eigenvalue weighted by atomic mass is 10.1. The molecule has 6 nitrogen and oxygen atoms in total. The van der Waals surface area contributed by atoms with Gasteiger partial charge in [-0.1, -0.05) is 13.8 Å². The minimum atomic E-state index is -0.163. The molecule has 0 radical (unpaired) electrons. The van der Waals surface area contributed by atoms with Crippen LogP contribution in [0.1, 0.15) is 63.4 Å². The third-order valence-corrected chi connectivity index (χ3v) is 3.79. The molecular formula is C16H26N4O2. The van der Waals surface area contributed by atoms with E-state index in [0.717, 1.165) is 5.82 Å². The van der Waals surface area contributed by atoms with Crippen LogP contribution in [0.4, 0.5) is 0 Å². The monoisotopic (exact) mass is 306 g/mol. The first kappa shape index (κ1) is 16.5. The molecule has 1 N–H and O–H groups in total. The summed E-state index contributed by atoms with van der Waals surface area (Å²) in [6.07, 6.45) is 2.33. The minimum Gasteiger partial charge on any atom is -0.348 e. The average Bonchev–Trinajstić information content (AvgIpc) is 2.82. The summed E-state index contributed by atoms with van der Waals surface area (Å²) in [5.74, 6) is 1.13. The number of hydrogen-bond donors (Lipinski definition) is 1. The molecule has 1 aromatic rings. The molecule has 0 aliphatic carbocycles. The van der Waals surface area contributed by atoms with Gasteiger partial charge in [-0.3, -0.25) is 9.59 Å². The summed E-state index contributed by atoms with van der Waals surface area (Å²) < 4.78 is 1.99. The van der Waals surface area contributed by atoms with Crippen LogP contribution in [0.3, 0.4) is 0 Å². The van der Waals surface area contributed by atoms with Crippen molar-refractivity contribution in [1.82, 2.24) is 19.8 Å². The Morgan fingerprint density at radius 3 is 2.59 bits per heavy atom. The molecule has 2 rings (SSSR count). The maximum atomic E-state index is 12.3. The Morgan fingerprint density at radius 2 is 2.00 bits per heavy atom. The smallest absolute Gasteiger partial charge is 0.271 e. The molecule has 0 bridgehead atoms. The summed E-state index contributed by atoms with van der Waals surface area (Å²) in [5.41, 5.74) is 0.425. The van der Waals surface area contributed by atoms with Gasteiger partial charge in [0.25, 0.3) is 5.91 Å². The molecule has 2 amide bonds. The Morgan fingerprint density at radius 1 is 1.32 bits per heavy atom. The van der Waals surface area contributed by atoms with E-state index in [1.165, 1.54) is 0 Å². The van der Waals surface area contributed by atoms with Crippen molar-refractivity contribution >= 4 is 11.8 Å². The highest BCUT2D eigenvalue weighted by molar-refractivity contribution is 5.92. The third-order valence-electron chi connectivity index (χ3n) is 3.79. The Bertz CT molecular complexity index is 562. The van der Waals surface area contributed by atoms with Crippen molar-refractivity contribution in [2.45, 2.75) is 59.7 Å². The Kier molecular flexibility index (Phi) is 4.88. The Balaban J connectivity index is 2.16. The number of imidazole rings is 1. The fourth-order valence-corrected chi connectivity index (χ4v) is 2.74. The lowest BCUT2D eigenvalue weighted by Crippen LogP contribution is -2.41. The number of nitrogens with one attached hydrogen (secondary N) is 1. The van der Waals surface area contributed by atoms with Crippen molar-refractivity contribution in [2.24, 2.45) is 5.92 Å². The van der Waals surface area contributed by atoms with Crippen LogP contribution in [0.15, 0.2) is 6.20 Å². The molecule has 1 aliphatic heterocycles. The highest BCUT2D eigenvalue weighted by Gasteiger charge is 2.30. The zero-order chi connectivity index (χ0) is 16.4. The van der Waals surface area contributed by atoms with E-state index >= 15 is 0 Å². The summed E-state index contributed by atoms with van der Waals surface area (Å²) >= 11 is 0. The molecule has 0 fully saturated rings. The van der Waals surface area contributed by atoms with Gasteiger partial charge in [-0.25, -0.2) is 4.98 Å². The molecule has 22 heavy (non-hydrogen) atoms. The second-order valence-electron chi connectivity index (χ2n) is 6.67. The predicted octanol–water partition coefficient (Wildman–Crippen LogP) is 1.97. The molecule has 0 spiro atoms. The van der Waals surface area contributed by atoms with Crippen LogP contribution in [0.2, 0.25) is 0 Å². The molecule has 0 unspecified atom stereocenters. The van der Waals surface area contributed by atoms with Gasteiger partial charge < -0.3 is 14.8 Å². The topological polar surface area (TPSA) is 67.2 Å². The van der Waals surface area contributed by atoms with E-state index < -0.39 is 0 Å². The van der Waals surface area contributed by atoms with Gasteiger partial charge in [0, 0.05) is 31.7 Å². The first-order valence-electron chi connectivity index (χ1n) is 7.97. The first-order chi connectivity index (χ1) is 10.3. The number of amides is 2. The molecule has 0 aromatic carbocycles. The van der Waals surface area contributed by atoms with Crippen molar-refractivity contribution in [3.8, 4) is 0 Å². The van der Waals surface area contributed by atoms with Crippen LogP contribution >= 0.6 is 0 Å². The van der Waals surface area contributed by atoms with E-state index in [2.05, 4.69) is 10.3 Å². The van der Waals surface area contributed by atoms with Crippen LogP contribution in [0.5, 0.6) is 0 Å². The van der Waals surface area contributed by atoms with Gasteiger partial charge in [0.1, 0.15) is 11.5 Å². The van der Waals surface area contributed by atoms with Crippen LogP contribution in [-0.4, -0.2) is 38.9 Å². The number of hydrogen-bond acceptors (Lipinski definition) is 3. The van der Waals surface area contributed by atoms with Crippen molar-refractivity contribution in [1.29, 1.82) is 0 Å². The van der Waals surface area contributed by atoms with E-state index in [9.17, 15) is 9.59 Å². The second-order valence-corrected chi connectivity index (χ2v) is 6.67. The van der Waals surface area contributed by atoms with Crippen molar-refractivity contribution < 1.29 is 9.59 Å². The molecule has 2 heterocycles. The number of rotatable bonds is 4. The normalized spacial score (nSPS) is 17.8. The first-order valence-corrected chi connectivity index (χ1v) is 7.97. The van der Waals surface area contributed by atoms with Gasteiger partial charge in [-0.2, -0.15) is 0 Å². The van der Waals surface area contributed by atoms with Gasteiger partial charge in [0.2, 0.25) is 5.91 Å². The largest absolute Gasteiger partial charge is 0.348 e. The predicted molar refractivity (Wildman–Crippen MR) is 84.4 cm³/mol.